The number of nitrogens with zero attached hydrogens (tertiary/aromatic N) is 2. The summed E-state index contributed by atoms with van der Waals surface area (Å²) < 4.78 is 11.3. The molecule has 2 heterocycles. The van der Waals surface area contributed by atoms with Gasteiger partial charge in [0.2, 0.25) is 23.6 Å². The molecule has 4 amide bonds. The number of likely N-dealkylation sites (tertiary alicyclic amines) is 2. The Balaban J connectivity index is 1.18. The topological polar surface area (TPSA) is 93.2 Å². The van der Waals surface area contributed by atoms with Gasteiger partial charge in [0.05, 0.1) is 24.0 Å². The third-order valence-electron chi connectivity index (χ3n) is 7.31. The zero-order valence-electron chi connectivity index (χ0n) is 23.9. The van der Waals surface area contributed by atoms with Crippen LogP contribution in [0, 0.1) is 0 Å². The Kier molecular flexibility index (Phi) is 9.61. The molecule has 8 heteroatoms. The molecule has 0 spiro atoms. The van der Waals surface area contributed by atoms with Crippen LogP contribution in [0.1, 0.15) is 89.2 Å². The van der Waals surface area contributed by atoms with Gasteiger partial charge in [0.1, 0.15) is 11.5 Å². The summed E-state index contributed by atoms with van der Waals surface area (Å²) in [7, 11) is 0. The molecule has 0 aromatic heterocycles. The zero-order chi connectivity index (χ0) is 28.8. The van der Waals surface area contributed by atoms with Crippen LogP contribution in [0.2, 0.25) is 0 Å². The van der Waals surface area contributed by atoms with E-state index in [0.717, 1.165) is 35.5 Å². The van der Waals surface area contributed by atoms with Crippen LogP contribution >= 0.6 is 0 Å². The maximum Gasteiger partial charge on any atom is 0.237 e. The van der Waals surface area contributed by atoms with Crippen LogP contribution in [0.25, 0.3) is 0 Å². The fourth-order valence-electron chi connectivity index (χ4n) is 5.35. The minimum Gasteiger partial charge on any atom is -0.491 e. The summed E-state index contributed by atoms with van der Waals surface area (Å²) in [5.41, 5.74) is 1.66. The second-order valence-corrected chi connectivity index (χ2v) is 11.2. The first-order chi connectivity index (χ1) is 19.1. The number of carbonyl (C=O) groups is 4. The Morgan fingerprint density at radius 1 is 0.600 bits per heavy atom. The molecule has 214 valence electrons. The monoisotopic (exact) mass is 548 g/mol. The van der Waals surface area contributed by atoms with Crippen molar-refractivity contribution in [2.24, 2.45) is 0 Å². The lowest BCUT2D eigenvalue weighted by molar-refractivity contribution is -0.140. The highest BCUT2D eigenvalue weighted by atomic mass is 16.5. The van der Waals surface area contributed by atoms with Gasteiger partial charge in [0.25, 0.3) is 0 Å². The normalized spacial score (nSPS) is 19.4. The van der Waals surface area contributed by atoms with E-state index in [1.54, 1.807) is 0 Å². The van der Waals surface area contributed by atoms with E-state index in [2.05, 4.69) is 0 Å². The van der Waals surface area contributed by atoms with Crippen molar-refractivity contribution in [2.45, 2.75) is 90.3 Å². The Bertz CT molecular complexity index is 1110. The van der Waals surface area contributed by atoms with Gasteiger partial charge in [0, 0.05) is 25.9 Å². The third kappa shape index (κ3) is 7.09. The van der Waals surface area contributed by atoms with Gasteiger partial charge < -0.3 is 9.47 Å². The van der Waals surface area contributed by atoms with Crippen LogP contribution in [0.3, 0.4) is 0 Å². The number of hydrogen-bond donors (Lipinski definition) is 0. The summed E-state index contributed by atoms with van der Waals surface area (Å²) in [5.74, 6) is 0.0222. The molecule has 2 fully saturated rings. The standard InChI is InChI=1S/C32H40N2O6/c1-21(2)39-25-13-9-23(10-14-25)27-19-29(35)33(31(27)37)17-7-5-6-8-18-34-30(36)20-28(32(34)38)24-11-15-26(16-12-24)40-22(3)4/h9-16,21-22,27-28H,5-8,17-20H2,1-4H3/t27-,28-/m1/s1. The van der Waals surface area contributed by atoms with Gasteiger partial charge in [-0.15, -0.1) is 0 Å². The fraction of sp³-hybridized carbons (Fsp3) is 0.500. The molecule has 0 bridgehead atoms. The van der Waals surface area contributed by atoms with Gasteiger partial charge in [-0.1, -0.05) is 37.1 Å². The van der Waals surface area contributed by atoms with Crippen molar-refractivity contribution in [3.8, 4) is 11.5 Å². The molecule has 2 aromatic rings. The van der Waals surface area contributed by atoms with Gasteiger partial charge in [0.15, 0.2) is 0 Å². The number of amides is 4. The van der Waals surface area contributed by atoms with Gasteiger partial charge in [-0.05, 0) is 75.9 Å². The molecule has 0 N–H and O–H groups in total. The number of benzene rings is 2. The quantitative estimate of drug-likeness (QED) is 0.252. The number of unbranched alkanes of at least 4 members (excludes halogenated alkanes) is 3. The number of carbonyl (C=O) groups excluding carboxylic acids is 4. The number of imide groups is 2. The summed E-state index contributed by atoms with van der Waals surface area (Å²) in [5, 5.41) is 0. The first-order valence-electron chi connectivity index (χ1n) is 14.4. The Morgan fingerprint density at radius 3 is 1.27 bits per heavy atom. The van der Waals surface area contributed by atoms with Crippen LogP contribution in [0.4, 0.5) is 0 Å². The van der Waals surface area contributed by atoms with Crippen LogP contribution in [0.5, 0.6) is 11.5 Å². The lowest BCUT2D eigenvalue weighted by Gasteiger charge is -2.17. The summed E-state index contributed by atoms with van der Waals surface area (Å²) >= 11 is 0. The Hall–Kier alpha value is -3.68. The number of rotatable bonds is 13. The van der Waals surface area contributed by atoms with Crippen LogP contribution < -0.4 is 9.47 Å². The summed E-state index contributed by atoms with van der Waals surface area (Å²) in [4.78, 5) is 53.7. The average molecular weight is 549 g/mol. The van der Waals surface area contributed by atoms with Crippen molar-refractivity contribution in [3.63, 3.8) is 0 Å². The predicted octanol–water partition coefficient (Wildman–Crippen LogP) is 5.21. The molecular formula is C32H40N2O6. The van der Waals surface area contributed by atoms with Crippen molar-refractivity contribution in [1.82, 2.24) is 9.80 Å². The Labute approximate surface area is 236 Å². The molecule has 2 saturated heterocycles. The highest BCUT2D eigenvalue weighted by molar-refractivity contribution is 6.06. The summed E-state index contributed by atoms with van der Waals surface area (Å²) in [6.07, 6.45) is 3.52. The number of ether oxygens (including phenoxy) is 2. The molecule has 40 heavy (non-hydrogen) atoms. The fourth-order valence-corrected chi connectivity index (χ4v) is 5.35. The molecule has 0 aliphatic carbocycles. The molecule has 2 aliphatic heterocycles. The van der Waals surface area contributed by atoms with E-state index < -0.39 is 11.8 Å². The zero-order valence-corrected chi connectivity index (χ0v) is 23.9. The van der Waals surface area contributed by atoms with Gasteiger partial charge in [-0.3, -0.25) is 29.0 Å². The summed E-state index contributed by atoms with van der Waals surface area (Å²) in [6.45, 7) is 8.60. The summed E-state index contributed by atoms with van der Waals surface area (Å²) in [6, 6.07) is 14.8. The SMILES string of the molecule is CC(C)Oc1ccc([C@H]2CC(=O)N(CCCCCCN3C(=O)C[C@H](c4ccc(OC(C)C)cc4)C3=O)C2=O)cc1. The second-order valence-electron chi connectivity index (χ2n) is 11.2. The molecule has 0 saturated carbocycles. The molecule has 2 atom stereocenters. The first kappa shape index (κ1) is 29.3. The molecule has 2 aliphatic rings. The van der Waals surface area contributed by atoms with E-state index in [1.807, 2.05) is 76.2 Å². The van der Waals surface area contributed by atoms with E-state index in [-0.39, 0.29) is 48.7 Å². The highest BCUT2D eigenvalue weighted by Crippen LogP contribution is 2.32. The van der Waals surface area contributed by atoms with E-state index in [0.29, 0.717) is 25.9 Å². The van der Waals surface area contributed by atoms with Gasteiger partial charge in [-0.2, -0.15) is 0 Å². The van der Waals surface area contributed by atoms with Crippen LogP contribution in [0.15, 0.2) is 48.5 Å². The van der Waals surface area contributed by atoms with Crippen molar-refractivity contribution >= 4 is 23.6 Å². The third-order valence-corrected chi connectivity index (χ3v) is 7.31. The lowest BCUT2D eigenvalue weighted by Crippen LogP contribution is -2.32. The van der Waals surface area contributed by atoms with Gasteiger partial charge >= 0.3 is 0 Å². The largest absolute Gasteiger partial charge is 0.491 e. The molecule has 2 aromatic carbocycles. The van der Waals surface area contributed by atoms with Crippen molar-refractivity contribution in [2.75, 3.05) is 13.1 Å². The molecule has 4 rings (SSSR count). The first-order valence-corrected chi connectivity index (χ1v) is 14.4. The maximum absolute atomic E-state index is 12.9. The van der Waals surface area contributed by atoms with Crippen molar-refractivity contribution < 1.29 is 28.7 Å². The van der Waals surface area contributed by atoms with E-state index in [9.17, 15) is 19.2 Å². The van der Waals surface area contributed by atoms with Crippen LogP contribution in [-0.2, 0) is 19.2 Å². The van der Waals surface area contributed by atoms with Crippen molar-refractivity contribution in [3.05, 3.63) is 59.7 Å². The van der Waals surface area contributed by atoms with Gasteiger partial charge in [-0.25, -0.2) is 0 Å². The molecular weight excluding hydrogens is 508 g/mol. The minimum atomic E-state index is -0.445. The molecule has 8 nitrogen and oxygen atoms in total. The Morgan fingerprint density at radius 2 is 0.950 bits per heavy atom. The second kappa shape index (κ2) is 13.1. The molecule has 0 radical (unpaired) electrons. The van der Waals surface area contributed by atoms with Crippen LogP contribution in [-0.4, -0.2) is 58.7 Å². The smallest absolute Gasteiger partial charge is 0.237 e. The average Bonchev–Trinajstić information content (AvgIpc) is 3.35. The van der Waals surface area contributed by atoms with E-state index in [1.165, 1.54) is 9.80 Å². The maximum atomic E-state index is 12.9. The van der Waals surface area contributed by atoms with Crippen molar-refractivity contribution in [1.29, 1.82) is 0 Å². The van der Waals surface area contributed by atoms with E-state index in [4.69, 9.17) is 9.47 Å². The van der Waals surface area contributed by atoms with E-state index >= 15 is 0 Å². The minimum absolute atomic E-state index is 0.0672. The lowest BCUT2D eigenvalue weighted by atomic mass is 9.97. The molecule has 0 unspecified atom stereocenters. The highest BCUT2D eigenvalue weighted by Gasteiger charge is 2.40. The predicted molar refractivity (Wildman–Crippen MR) is 151 cm³/mol. The number of hydrogen-bond acceptors (Lipinski definition) is 6.